The number of carbonyl (C=O) groups is 1. The molecule has 3 nitrogen and oxygen atoms in total. The van der Waals surface area contributed by atoms with E-state index in [2.05, 4.69) is 0 Å². The summed E-state index contributed by atoms with van der Waals surface area (Å²) in [6.45, 7) is 3.46. The van der Waals surface area contributed by atoms with E-state index in [1.165, 1.54) is 0 Å². The first-order valence-corrected chi connectivity index (χ1v) is 4.11. The second kappa shape index (κ2) is 3.47. The van der Waals surface area contributed by atoms with Crippen molar-refractivity contribution in [2.75, 3.05) is 5.73 Å². The maximum Gasteiger partial charge on any atom is 0.127 e. The normalized spacial score (nSPS) is 12.5. The standard InChI is InChI=1S/C10H13NO2/c1-6(5-12)8-3-4-9(11)7(2)10(8)13/h3-6,13H,11H2,1-2H3. The first kappa shape index (κ1) is 9.58. The van der Waals surface area contributed by atoms with E-state index in [1.54, 1.807) is 26.0 Å². The number of anilines is 1. The minimum Gasteiger partial charge on any atom is -0.507 e. The average molecular weight is 179 g/mol. The van der Waals surface area contributed by atoms with Gasteiger partial charge in [0.1, 0.15) is 12.0 Å². The highest BCUT2D eigenvalue weighted by Crippen LogP contribution is 2.31. The predicted octanol–water partition coefficient (Wildman–Crippen LogP) is 1.59. The lowest BCUT2D eigenvalue weighted by Crippen LogP contribution is -1.98. The zero-order valence-corrected chi connectivity index (χ0v) is 7.74. The van der Waals surface area contributed by atoms with Crippen LogP contribution in [0.25, 0.3) is 0 Å². The van der Waals surface area contributed by atoms with Crippen LogP contribution in [-0.4, -0.2) is 11.4 Å². The largest absolute Gasteiger partial charge is 0.507 e. The number of nitrogens with two attached hydrogens (primary N) is 1. The quantitative estimate of drug-likeness (QED) is 0.535. The monoisotopic (exact) mass is 179 g/mol. The molecule has 1 rings (SSSR count). The number of hydrogen-bond donors (Lipinski definition) is 2. The maximum atomic E-state index is 10.5. The van der Waals surface area contributed by atoms with Crippen LogP contribution in [0.2, 0.25) is 0 Å². The molecular weight excluding hydrogens is 166 g/mol. The third kappa shape index (κ3) is 1.64. The molecule has 0 bridgehead atoms. The lowest BCUT2D eigenvalue weighted by atomic mass is 9.98. The Morgan fingerprint density at radius 2 is 2.15 bits per heavy atom. The van der Waals surface area contributed by atoms with Gasteiger partial charge in [0.2, 0.25) is 0 Å². The number of benzene rings is 1. The fourth-order valence-corrected chi connectivity index (χ4v) is 1.18. The molecule has 3 heteroatoms. The molecule has 0 aliphatic heterocycles. The molecule has 0 aromatic heterocycles. The number of aromatic hydroxyl groups is 1. The molecule has 1 aromatic carbocycles. The molecule has 13 heavy (non-hydrogen) atoms. The van der Waals surface area contributed by atoms with Crippen LogP contribution in [-0.2, 0) is 4.79 Å². The van der Waals surface area contributed by atoms with Crippen molar-refractivity contribution in [3.05, 3.63) is 23.3 Å². The SMILES string of the molecule is Cc1c(N)ccc(C(C)C=O)c1O. The number of phenols is 1. The zero-order valence-electron chi connectivity index (χ0n) is 7.74. The van der Waals surface area contributed by atoms with E-state index in [9.17, 15) is 9.90 Å². The summed E-state index contributed by atoms with van der Waals surface area (Å²) in [5.74, 6) is -0.168. The lowest BCUT2D eigenvalue weighted by molar-refractivity contribution is -0.108. The fourth-order valence-electron chi connectivity index (χ4n) is 1.18. The van der Waals surface area contributed by atoms with Gasteiger partial charge in [0, 0.05) is 22.7 Å². The van der Waals surface area contributed by atoms with Gasteiger partial charge in [-0.2, -0.15) is 0 Å². The third-order valence-electron chi connectivity index (χ3n) is 2.20. The summed E-state index contributed by atoms with van der Waals surface area (Å²) >= 11 is 0. The molecule has 0 aliphatic rings. The Hall–Kier alpha value is -1.51. The van der Waals surface area contributed by atoms with E-state index in [4.69, 9.17) is 5.73 Å². The van der Waals surface area contributed by atoms with Crippen LogP contribution in [0.4, 0.5) is 5.69 Å². The first-order chi connectivity index (χ1) is 6.07. The van der Waals surface area contributed by atoms with Gasteiger partial charge < -0.3 is 15.6 Å². The van der Waals surface area contributed by atoms with Crippen LogP contribution in [0.3, 0.4) is 0 Å². The number of carbonyl (C=O) groups excluding carboxylic acids is 1. The summed E-state index contributed by atoms with van der Waals surface area (Å²) in [6.07, 6.45) is 0.796. The highest BCUT2D eigenvalue weighted by Gasteiger charge is 2.12. The summed E-state index contributed by atoms with van der Waals surface area (Å²) < 4.78 is 0. The lowest BCUT2D eigenvalue weighted by Gasteiger charge is -2.10. The van der Waals surface area contributed by atoms with Gasteiger partial charge in [-0.25, -0.2) is 0 Å². The third-order valence-corrected chi connectivity index (χ3v) is 2.20. The van der Waals surface area contributed by atoms with E-state index in [1.807, 2.05) is 0 Å². The number of aldehydes is 1. The topological polar surface area (TPSA) is 63.3 Å². The molecule has 0 saturated heterocycles. The van der Waals surface area contributed by atoms with Gasteiger partial charge in [0.15, 0.2) is 0 Å². The molecule has 0 radical (unpaired) electrons. The van der Waals surface area contributed by atoms with Gasteiger partial charge in [-0.15, -0.1) is 0 Å². The smallest absolute Gasteiger partial charge is 0.127 e. The second-order valence-electron chi connectivity index (χ2n) is 3.14. The molecule has 3 N–H and O–H groups in total. The van der Waals surface area contributed by atoms with Crippen LogP contribution in [0.5, 0.6) is 5.75 Å². The minimum absolute atomic E-state index is 0.125. The van der Waals surface area contributed by atoms with Crippen LogP contribution in [0, 0.1) is 6.92 Å². The Bertz CT molecular complexity index is 334. The molecule has 0 spiro atoms. The molecule has 0 saturated carbocycles. The molecular formula is C10H13NO2. The van der Waals surface area contributed by atoms with Gasteiger partial charge in [0.25, 0.3) is 0 Å². The maximum absolute atomic E-state index is 10.5. The van der Waals surface area contributed by atoms with E-state index in [0.29, 0.717) is 16.8 Å². The molecule has 1 atom stereocenters. The van der Waals surface area contributed by atoms with E-state index in [-0.39, 0.29) is 11.7 Å². The average Bonchev–Trinajstić information content (AvgIpc) is 2.13. The number of rotatable bonds is 2. The number of nitrogen functional groups attached to an aromatic ring is 1. The van der Waals surface area contributed by atoms with Crippen molar-refractivity contribution in [3.63, 3.8) is 0 Å². The Morgan fingerprint density at radius 3 is 2.69 bits per heavy atom. The van der Waals surface area contributed by atoms with Gasteiger partial charge in [-0.3, -0.25) is 0 Å². The fraction of sp³-hybridized carbons (Fsp3) is 0.300. The van der Waals surface area contributed by atoms with Crippen LogP contribution in [0.15, 0.2) is 12.1 Å². The molecule has 0 heterocycles. The summed E-state index contributed by atoms with van der Waals surface area (Å²) in [4.78, 5) is 10.5. The number of phenolic OH excluding ortho intramolecular Hbond substituents is 1. The van der Waals surface area contributed by atoms with Crippen molar-refractivity contribution in [1.82, 2.24) is 0 Å². The Kier molecular flexibility index (Phi) is 2.56. The van der Waals surface area contributed by atoms with Crippen molar-refractivity contribution in [3.8, 4) is 5.75 Å². The van der Waals surface area contributed by atoms with Crippen LogP contribution >= 0.6 is 0 Å². The zero-order chi connectivity index (χ0) is 10.0. The molecule has 1 unspecified atom stereocenters. The molecule has 0 amide bonds. The van der Waals surface area contributed by atoms with Crippen molar-refractivity contribution < 1.29 is 9.90 Å². The van der Waals surface area contributed by atoms with Crippen molar-refractivity contribution >= 4 is 12.0 Å². The van der Waals surface area contributed by atoms with E-state index >= 15 is 0 Å². The predicted molar refractivity (Wildman–Crippen MR) is 51.7 cm³/mol. The van der Waals surface area contributed by atoms with Crippen molar-refractivity contribution in [1.29, 1.82) is 0 Å². The highest BCUT2D eigenvalue weighted by atomic mass is 16.3. The number of hydrogen-bond acceptors (Lipinski definition) is 3. The van der Waals surface area contributed by atoms with Crippen molar-refractivity contribution in [2.24, 2.45) is 0 Å². The first-order valence-electron chi connectivity index (χ1n) is 4.11. The Balaban J connectivity index is 3.25. The summed E-state index contributed by atoms with van der Waals surface area (Å²) in [7, 11) is 0. The van der Waals surface area contributed by atoms with Gasteiger partial charge in [-0.05, 0) is 13.0 Å². The van der Waals surface area contributed by atoms with E-state index in [0.717, 1.165) is 6.29 Å². The highest BCUT2D eigenvalue weighted by molar-refractivity contribution is 5.67. The van der Waals surface area contributed by atoms with E-state index < -0.39 is 0 Å². The summed E-state index contributed by atoms with van der Waals surface area (Å²) in [5, 5.41) is 9.64. The summed E-state index contributed by atoms with van der Waals surface area (Å²) in [6, 6.07) is 3.38. The van der Waals surface area contributed by atoms with Gasteiger partial charge >= 0.3 is 0 Å². The second-order valence-corrected chi connectivity index (χ2v) is 3.14. The van der Waals surface area contributed by atoms with Gasteiger partial charge in [-0.1, -0.05) is 13.0 Å². The molecule has 0 fully saturated rings. The minimum atomic E-state index is -0.292. The molecule has 0 aliphatic carbocycles. The van der Waals surface area contributed by atoms with Crippen LogP contribution < -0.4 is 5.73 Å². The van der Waals surface area contributed by atoms with Crippen molar-refractivity contribution in [2.45, 2.75) is 19.8 Å². The molecule has 70 valence electrons. The summed E-state index contributed by atoms with van der Waals surface area (Å²) in [5.41, 5.74) is 7.38. The van der Waals surface area contributed by atoms with Gasteiger partial charge in [0.05, 0.1) is 0 Å². The molecule has 1 aromatic rings. The Labute approximate surface area is 77.2 Å². The van der Waals surface area contributed by atoms with Crippen LogP contribution in [0.1, 0.15) is 24.0 Å². The Morgan fingerprint density at radius 1 is 1.54 bits per heavy atom.